The van der Waals surface area contributed by atoms with Gasteiger partial charge < -0.3 is 4.42 Å². The Morgan fingerprint density at radius 2 is 1.79 bits per heavy atom. The lowest BCUT2D eigenvalue weighted by molar-refractivity contribution is 0.490. The van der Waals surface area contributed by atoms with Gasteiger partial charge >= 0.3 is 0 Å². The number of nitrogens with zero attached hydrogens (tertiary/aromatic N) is 3. The van der Waals surface area contributed by atoms with Crippen LogP contribution in [0.25, 0.3) is 28.7 Å². The van der Waals surface area contributed by atoms with Gasteiger partial charge in [-0.05, 0) is 103 Å². The van der Waals surface area contributed by atoms with Crippen molar-refractivity contribution in [2.75, 3.05) is 0 Å². The van der Waals surface area contributed by atoms with E-state index >= 15 is 0 Å². The number of benzene rings is 1. The molecule has 4 nitrogen and oxygen atoms in total. The van der Waals surface area contributed by atoms with E-state index in [2.05, 4.69) is 64.3 Å². The SMILES string of the molecule is C=C/C=C/C(CCCCC)c1nc(/C=c2\oc3ccccc3\c2=C\CC)nc(C2=CC3=C(CC2)C2=C(CC3)C(=C)[C@@H](CCC)CC2)n1. The Bertz CT molecular complexity index is 1900. The zero-order valence-corrected chi connectivity index (χ0v) is 28.8. The van der Waals surface area contributed by atoms with Gasteiger partial charge in [0.25, 0.3) is 0 Å². The normalized spacial score (nSPS) is 19.9. The quantitative estimate of drug-likeness (QED) is 0.148. The first kappa shape index (κ1) is 32.9. The van der Waals surface area contributed by atoms with Crippen molar-refractivity contribution in [3.05, 3.63) is 118 Å². The van der Waals surface area contributed by atoms with Crippen molar-refractivity contribution in [1.29, 1.82) is 0 Å². The third-order valence-electron chi connectivity index (χ3n) is 10.2. The van der Waals surface area contributed by atoms with Gasteiger partial charge in [-0.15, -0.1) is 0 Å². The van der Waals surface area contributed by atoms with Crippen LogP contribution in [0.3, 0.4) is 0 Å². The van der Waals surface area contributed by atoms with E-state index in [9.17, 15) is 0 Å². The smallest absolute Gasteiger partial charge is 0.160 e. The monoisotopic (exact) mass is 625 g/mol. The largest absolute Gasteiger partial charge is 0.456 e. The molecule has 0 fully saturated rings. The first-order valence-corrected chi connectivity index (χ1v) is 18.1. The lowest BCUT2D eigenvalue weighted by atomic mass is 9.69. The van der Waals surface area contributed by atoms with E-state index in [1.165, 1.54) is 55.2 Å². The van der Waals surface area contributed by atoms with Gasteiger partial charge in [0, 0.05) is 22.6 Å². The summed E-state index contributed by atoms with van der Waals surface area (Å²) in [6, 6.07) is 8.24. The molecule has 3 aliphatic carbocycles. The number of hydrogen-bond donors (Lipinski definition) is 0. The van der Waals surface area contributed by atoms with E-state index in [4.69, 9.17) is 19.4 Å². The molecule has 3 aliphatic rings. The number of para-hydroxylation sites is 1. The van der Waals surface area contributed by atoms with Crippen molar-refractivity contribution in [1.82, 2.24) is 15.0 Å². The highest BCUT2D eigenvalue weighted by Gasteiger charge is 2.31. The number of hydrogen-bond acceptors (Lipinski definition) is 4. The van der Waals surface area contributed by atoms with Crippen LogP contribution >= 0.6 is 0 Å². The van der Waals surface area contributed by atoms with Crippen LogP contribution in [0.1, 0.15) is 128 Å². The van der Waals surface area contributed by atoms with E-state index in [0.717, 1.165) is 78.2 Å². The third kappa shape index (κ3) is 7.12. The second-order valence-corrected chi connectivity index (χ2v) is 13.4. The first-order chi connectivity index (χ1) is 23.0. The van der Waals surface area contributed by atoms with Gasteiger partial charge in [-0.2, -0.15) is 0 Å². The van der Waals surface area contributed by atoms with Gasteiger partial charge in [0.1, 0.15) is 16.8 Å². The number of rotatable bonds is 12. The topological polar surface area (TPSA) is 51.8 Å². The van der Waals surface area contributed by atoms with Crippen LogP contribution in [0.15, 0.2) is 94.0 Å². The molecular weight excluding hydrogens is 574 g/mol. The summed E-state index contributed by atoms with van der Waals surface area (Å²) in [6.45, 7) is 15.2. The van der Waals surface area contributed by atoms with Gasteiger partial charge in [-0.25, -0.2) is 15.0 Å². The van der Waals surface area contributed by atoms with E-state index in [0.29, 0.717) is 11.7 Å². The fourth-order valence-corrected chi connectivity index (χ4v) is 7.83. The summed E-state index contributed by atoms with van der Waals surface area (Å²) in [7, 11) is 0. The minimum atomic E-state index is 0.0940. The number of furan rings is 1. The lowest BCUT2D eigenvalue weighted by Crippen LogP contribution is -2.21. The van der Waals surface area contributed by atoms with Crippen molar-refractivity contribution in [2.45, 2.75) is 110 Å². The second-order valence-electron chi connectivity index (χ2n) is 13.4. The van der Waals surface area contributed by atoms with Gasteiger partial charge in [0.05, 0.1) is 0 Å². The molecule has 0 amide bonds. The van der Waals surface area contributed by atoms with Crippen LogP contribution in [0.5, 0.6) is 0 Å². The Morgan fingerprint density at radius 1 is 0.936 bits per heavy atom. The maximum absolute atomic E-state index is 6.39. The minimum Gasteiger partial charge on any atom is -0.456 e. The summed E-state index contributed by atoms with van der Waals surface area (Å²) in [6.07, 6.45) is 27.2. The summed E-state index contributed by atoms with van der Waals surface area (Å²) in [5.74, 6) is 3.04. The van der Waals surface area contributed by atoms with Gasteiger partial charge in [0.2, 0.25) is 0 Å². The molecule has 0 aliphatic heterocycles. The molecule has 0 spiro atoms. The highest BCUT2D eigenvalue weighted by Crippen LogP contribution is 2.48. The van der Waals surface area contributed by atoms with Gasteiger partial charge in [-0.1, -0.05) is 108 Å². The van der Waals surface area contributed by atoms with Crippen molar-refractivity contribution in [2.24, 2.45) is 5.92 Å². The lowest BCUT2D eigenvalue weighted by Gasteiger charge is -2.36. The van der Waals surface area contributed by atoms with Gasteiger partial charge in [0.15, 0.2) is 11.6 Å². The van der Waals surface area contributed by atoms with Crippen LogP contribution in [0, 0.1) is 5.92 Å². The average Bonchev–Trinajstić information content (AvgIpc) is 3.43. The van der Waals surface area contributed by atoms with E-state index in [-0.39, 0.29) is 5.92 Å². The predicted octanol–water partition coefficient (Wildman–Crippen LogP) is 10.4. The molecule has 0 saturated heterocycles. The fourth-order valence-electron chi connectivity index (χ4n) is 7.83. The van der Waals surface area contributed by atoms with Crippen molar-refractivity contribution in [3.63, 3.8) is 0 Å². The Kier molecular flexibility index (Phi) is 10.7. The molecule has 0 radical (unpaired) electrons. The number of unbranched alkanes of at least 4 members (excludes halogenated alkanes) is 2. The number of aromatic nitrogens is 3. The maximum atomic E-state index is 6.39. The molecule has 4 heteroatoms. The summed E-state index contributed by atoms with van der Waals surface area (Å²) in [4.78, 5) is 15.4. The van der Waals surface area contributed by atoms with Crippen LogP contribution in [0.2, 0.25) is 0 Å². The number of allylic oxidation sites excluding steroid dienone is 10. The molecule has 1 unspecified atom stereocenters. The molecular formula is C43H51N3O. The molecule has 1 aromatic carbocycles. The van der Waals surface area contributed by atoms with Crippen molar-refractivity contribution in [3.8, 4) is 0 Å². The summed E-state index contributed by atoms with van der Waals surface area (Å²) in [5.41, 5.74) is 10.5. The third-order valence-corrected chi connectivity index (χ3v) is 10.2. The number of fused-ring (bicyclic) bond motifs is 2. The fraction of sp³-hybridized carbons (Fsp3) is 0.419. The van der Waals surface area contributed by atoms with E-state index in [1.54, 1.807) is 16.7 Å². The highest BCUT2D eigenvalue weighted by molar-refractivity contribution is 5.79. The van der Waals surface area contributed by atoms with Gasteiger partial charge in [-0.3, -0.25) is 0 Å². The molecule has 2 aromatic heterocycles. The Morgan fingerprint density at radius 3 is 2.60 bits per heavy atom. The Hall–Kier alpha value is -4.05. The average molecular weight is 626 g/mol. The standard InChI is InChI=1S/C43H51N3O/c1-6-10-12-18-31(17-11-7-2)42-44-41(28-40-37(16-9-4)38-19-13-14-20-39(38)47-40)45-43(46-42)33-23-25-35-32(27-33)22-24-34-29(5)30(15-8-3)21-26-36(34)35/h7,11,13-14,16-17,19-20,27-28,30-31H,2,5-6,8-10,12,15,18,21-26H2,1,3-4H3/b17-11+,37-16-,40-28-/t30-,31?/m0/s1. The molecule has 3 aromatic rings. The Labute approximate surface area is 281 Å². The van der Waals surface area contributed by atoms with Crippen LogP contribution in [-0.4, -0.2) is 15.0 Å². The molecule has 2 atom stereocenters. The van der Waals surface area contributed by atoms with Crippen molar-refractivity contribution >= 4 is 28.7 Å². The summed E-state index contributed by atoms with van der Waals surface area (Å²) >= 11 is 0. The Balaban J connectivity index is 1.45. The summed E-state index contributed by atoms with van der Waals surface area (Å²) in [5, 5.41) is 2.22. The predicted molar refractivity (Wildman–Crippen MR) is 197 cm³/mol. The highest BCUT2D eigenvalue weighted by atomic mass is 16.3. The molecule has 0 saturated carbocycles. The van der Waals surface area contributed by atoms with Crippen LogP contribution in [0.4, 0.5) is 0 Å². The zero-order chi connectivity index (χ0) is 32.8. The molecule has 2 heterocycles. The second kappa shape index (κ2) is 15.2. The van der Waals surface area contributed by atoms with Crippen LogP contribution < -0.4 is 10.6 Å². The first-order valence-electron chi connectivity index (χ1n) is 18.1. The van der Waals surface area contributed by atoms with E-state index < -0.39 is 0 Å². The van der Waals surface area contributed by atoms with E-state index in [1.807, 2.05) is 30.4 Å². The molecule has 6 rings (SSSR count). The molecule has 47 heavy (non-hydrogen) atoms. The molecule has 0 bridgehead atoms. The molecule has 0 N–H and O–H groups in total. The zero-order valence-electron chi connectivity index (χ0n) is 28.8. The summed E-state index contributed by atoms with van der Waals surface area (Å²) < 4.78 is 6.39. The maximum Gasteiger partial charge on any atom is 0.160 e. The minimum absolute atomic E-state index is 0.0940. The van der Waals surface area contributed by atoms with Crippen molar-refractivity contribution < 1.29 is 4.42 Å². The molecule has 244 valence electrons. The van der Waals surface area contributed by atoms with Crippen LogP contribution in [-0.2, 0) is 0 Å².